The minimum atomic E-state index is -0.950. The third-order valence-electron chi connectivity index (χ3n) is 7.46. The van der Waals surface area contributed by atoms with Gasteiger partial charge in [0.15, 0.2) is 0 Å². The van der Waals surface area contributed by atoms with Crippen LogP contribution in [0.1, 0.15) is 29.5 Å². The van der Waals surface area contributed by atoms with E-state index in [-0.39, 0.29) is 44.0 Å². The Balaban J connectivity index is 1.43. The van der Waals surface area contributed by atoms with E-state index in [1.165, 1.54) is 0 Å². The molecule has 1 saturated heterocycles. The number of amides is 4. The molecule has 1 aliphatic heterocycles. The van der Waals surface area contributed by atoms with E-state index in [1.54, 1.807) is 0 Å². The SMILES string of the molecule is O=C1CCC(=O)N[C@@H](Cc2c[nH]c3ccccc23)C(=O)N[C@@H](Cc2ccccc2)C(=O)N[C@@H](Cc2ccccc2)CN1. The van der Waals surface area contributed by atoms with Gasteiger partial charge in [-0.2, -0.15) is 0 Å². The predicted molar refractivity (Wildman–Crippen MR) is 160 cm³/mol. The van der Waals surface area contributed by atoms with Crippen LogP contribution in [0, 0.1) is 0 Å². The van der Waals surface area contributed by atoms with E-state index in [0.717, 1.165) is 27.6 Å². The molecular formula is C33H35N5O4. The van der Waals surface area contributed by atoms with Gasteiger partial charge in [0.2, 0.25) is 23.6 Å². The Morgan fingerprint density at radius 2 is 1.19 bits per heavy atom. The molecule has 3 atom stereocenters. The number of rotatable bonds is 6. The molecule has 0 saturated carbocycles. The fourth-order valence-corrected chi connectivity index (χ4v) is 5.25. The van der Waals surface area contributed by atoms with Crippen LogP contribution in [-0.4, -0.2) is 53.3 Å². The predicted octanol–water partition coefficient (Wildman–Crippen LogP) is 2.56. The molecule has 0 spiro atoms. The topological polar surface area (TPSA) is 132 Å². The lowest BCUT2D eigenvalue weighted by Gasteiger charge is -2.27. The molecule has 216 valence electrons. The number of aromatic nitrogens is 1. The van der Waals surface area contributed by atoms with Crippen LogP contribution in [0.2, 0.25) is 0 Å². The molecule has 3 aromatic carbocycles. The zero-order chi connectivity index (χ0) is 29.3. The molecule has 9 heteroatoms. The van der Waals surface area contributed by atoms with E-state index in [9.17, 15) is 19.2 Å². The Kier molecular flexibility index (Phi) is 9.28. The number of nitrogens with one attached hydrogen (secondary N) is 5. The van der Waals surface area contributed by atoms with E-state index in [2.05, 4.69) is 26.3 Å². The van der Waals surface area contributed by atoms with Gasteiger partial charge in [0.05, 0.1) is 6.04 Å². The number of H-pyrrole nitrogens is 1. The molecule has 0 bridgehead atoms. The summed E-state index contributed by atoms with van der Waals surface area (Å²) in [4.78, 5) is 56.3. The van der Waals surface area contributed by atoms with E-state index >= 15 is 0 Å². The molecule has 5 rings (SSSR count). The molecule has 0 unspecified atom stereocenters. The van der Waals surface area contributed by atoms with Crippen molar-refractivity contribution >= 4 is 34.5 Å². The first-order valence-electron chi connectivity index (χ1n) is 14.2. The highest BCUT2D eigenvalue weighted by atomic mass is 16.2. The van der Waals surface area contributed by atoms with Crippen LogP contribution in [0.3, 0.4) is 0 Å². The van der Waals surface area contributed by atoms with Gasteiger partial charge < -0.3 is 26.3 Å². The van der Waals surface area contributed by atoms with Crippen LogP contribution < -0.4 is 21.3 Å². The van der Waals surface area contributed by atoms with Crippen LogP contribution in [0.25, 0.3) is 10.9 Å². The lowest BCUT2D eigenvalue weighted by atomic mass is 10.0. The van der Waals surface area contributed by atoms with Gasteiger partial charge >= 0.3 is 0 Å². The van der Waals surface area contributed by atoms with Crippen molar-refractivity contribution in [3.63, 3.8) is 0 Å². The summed E-state index contributed by atoms with van der Waals surface area (Å²) >= 11 is 0. The van der Waals surface area contributed by atoms with Crippen LogP contribution >= 0.6 is 0 Å². The first-order valence-corrected chi connectivity index (χ1v) is 14.2. The van der Waals surface area contributed by atoms with Gasteiger partial charge in [0.1, 0.15) is 12.1 Å². The molecule has 0 radical (unpaired) electrons. The van der Waals surface area contributed by atoms with Crippen LogP contribution in [0.4, 0.5) is 0 Å². The van der Waals surface area contributed by atoms with Gasteiger partial charge in [0.25, 0.3) is 0 Å². The molecule has 2 heterocycles. The molecule has 1 aromatic heterocycles. The number of benzene rings is 3. The maximum atomic E-state index is 13.8. The lowest BCUT2D eigenvalue weighted by molar-refractivity contribution is -0.133. The van der Waals surface area contributed by atoms with Gasteiger partial charge in [-0.15, -0.1) is 0 Å². The number of carbonyl (C=O) groups is 4. The first kappa shape index (κ1) is 28.6. The summed E-state index contributed by atoms with van der Waals surface area (Å²) in [7, 11) is 0. The Hall–Kier alpha value is -4.92. The number of fused-ring (bicyclic) bond motifs is 1. The van der Waals surface area contributed by atoms with Gasteiger partial charge in [-0.05, 0) is 29.2 Å². The highest BCUT2D eigenvalue weighted by Gasteiger charge is 2.30. The summed E-state index contributed by atoms with van der Waals surface area (Å²) in [5, 5.41) is 12.6. The van der Waals surface area contributed by atoms with Crippen molar-refractivity contribution in [2.45, 2.75) is 50.2 Å². The lowest BCUT2D eigenvalue weighted by Crippen LogP contribution is -2.57. The van der Waals surface area contributed by atoms with E-state index in [0.29, 0.717) is 6.42 Å². The minimum Gasteiger partial charge on any atom is -0.361 e. The second kappa shape index (κ2) is 13.6. The van der Waals surface area contributed by atoms with E-state index < -0.39 is 29.9 Å². The molecular weight excluding hydrogens is 530 g/mol. The number of aromatic amines is 1. The van der Waals surface area contributed by atoms with Gasteiger partial charge in [-0.1, -0.05) is 78.9 Å². The van der Waals surface area contributed by atoms with Crippen LogP contribution in [0.5, 0.6) is 0 Å². The van der Waals surface area contributed by atoms with Gasteiger partial charge in [0, 0.05) is 49.3 Å². The zero-order valence-electron chi connectivity index (χ0n) is 23.3. The van der Waals surface area contributed by atoms with Crippen molar-refractivity contribution in [2.24, 2.45) is 0 Å². The molecule has 0 aliphatic carbocycles. The van der Waals surface area contributed by atoms with Crippen molar-refractivity contribution in [3.8, 4) is 0 Å². The summed E-state index contributed by atoms with van der Waals surface area (Å²) < 4.78 is 0. The molecule has 42 heavy (non-hydrogen) atoms. The highest BCUT2D eigenvalue weighted by Crippen LogP contribution is 2.19. The average molecular weight is 566 g/mol. The summed E-state index contributed by atoms with van der Waals surface area (Å²) in [5.41, 5.74) is 3.66. The fraction of sp³-hybridized carbons (Fsp3) is 0.273. The number of carbonyl (C=O) groups excluding carboxylic acids is 4. The smallest absolute Gasteiger partial charge is 0.243 e. The van der Waals surface area contributed by atoms with E-state index in [4.69, 9.17) is 0 Å². The normalized spacial score (nSPS) is 20.6. The van der Waals surface area contributed by atoms with Crippen LogP contribution in [-0.2, 0) is 38.4 Å². The van der Waals surface area contributed by atoms with Crippen molar-refractivity contribution in [1.82, 2.24) is 26.3 Å². The largest absolute Gasteiger partial charge is 0.361 e. The second-order valence-electron chi connectivity index (χ2n) is 10.6. The highest BCUT2D eigenvalue weighted by molar-refractivity contribution is 5.94. The van der Waals surface area contributed by atoms with Gasteiger partial charge in [-0.3, -0.25) is 19.2 Å². The summed E-state index contributed by atoms with van der Waals surface area (Å²) in [6, 6.07) is 24.6. The first-order chi connectivity index (χ1) is 20.4. The number of hydrogen-bond acceptors (Lipinski definition) is 4. The standard InChI is InChI=1S/C33H35N5O4/c39-30-15-16-31(40)37-29(19-24-20-34-27-14-8-7-13-26(24)27)33(42)38-28(18-23-11-5-2-6-12-23)32(41)36-25(21-35-30)17-22-9-3-1-4-10-22/h1-14,20,25,28-29,34H,15-19,21H2,(H,35,39)(H,36,41)(H,37,40)(H,38,42)/t25-,28-,29-/m0/s1. The summed E-state index contributed by atoms with van der Waals surface area (Å²) in [6.45, 7) is 0.191. The Morgan fingerprint density at radius 1 is 0.595 bits per heavy atom. The monoisotopic (exact) mass is 565 g/mol. The molecule has 9 nitrogen and oxygen atoms in total. The number of hydrogen-bond donors (Lipinski definition) is 5. The third kappa shape index (κ3) is 7.63. The third-order valence-corrected chi connectivity index (χ3v) is 7.46. The fourth-order valence-electron chi connectivity index (χ4n) is 5.25. The zero-order valence-corrected chi connectivity index (χ0v) is 23.3. The maximum Gasteiger partial charge on any atom is 0.243 e. The average Bonchev–Trinajstić information content (AvgIpc) is 3.41. The molecule has 4 amide bonds. The summed E-state index contributed by atoms with van der Waals surface area (Å²) in [5.74, 6) is -1.54. The minimum absolute atomic E-state index is 0.0319. The molecule has 1 aliphatic rings. The second-order valence-corrected chi connectivity index (χ2v) is 10.6. The van der Waals surface area contributed by atoms with Crippen molar-refractivity contribution < 1.29 is 19.2 Å². The summed E-state index contributed by atoms with van der Waals surface area (Å²) in [6.07, 6.45) is 2.69. The number of para-hydroxylation sites is 1. The maximum absolute atomic E-state index is 13.8. The Morgan fingerprint density at radius 3 is 1.93 bits per heavy atom. The molecule has 1 fully saturated rings. The van der Waals surface area contributed by atoms with Crippen LogP contribution in [0.15, 0.2) is 91.1 Å². The quantitative estimate of drug-likeness (QED) is 0.246. The van der Waals surface area contributed by atoms with Crippen molar-refractivity contribution in [1.29, 1.82) is 0 Å². The Labute approximate surface area is 244 Å². The molecule has 5 N–H and O–H groups in total. The van der Waals surface area contributed by atoms with Crippen molar-refractivity contribution in [3.05, 3.63) is 108 Å². The molecule has 4 aromatic rings. The van der Waals surface area contributed by atoms with E-state index in [1.807, 2.05) is 91.1 Å². The van der Waals surface area contributed by atoms with Gasteiger partial charge in [-0.25, -0.2) is 0 Å². The Bertz CT molecular complexity index is 1540. The van der Waals surface area contributed by atoms with Crippen molar-refractivity contribution in [2.75, 3.05) is 6.54 Å².